The van der Waals surface area contributed by atoms with Gasteiger partial charge in [-0.05, 0) is 37.5 Å². The van der Waals surface area contributed by atoms with Gasteiger partial charge in [-0.15, -0.1) is 0 Å². The molecule has 0 aromatic carbocycles. The van der Waals surface area contributed by atoms with Gasteiger partial charge in [0.1, 0.15) is 19.3 Å². The van der Waals surface area contributed by atoms with E-state index in [2.05, 4.69) is 41.5 Å². The first kappa shape index (κ1) is 104. The maximum atomic E-state index is 13.2. The predicted molar refractivity (Wildman–Crippen MR) is 437 cm³/mol. The van der Waals surface area contributed by atoms with Crippen molar-refractivity contribution in [1.29, 1.82) is 0 Å². The minimum absolute atomic E-state index is 0.106. The third kappa shape index (κ3) is 77.4. The minimum Gasteiger partial charge on any atom is -0.462 e. The van der Waals surface area contributed by atoms with E-state index in [1.165, 1.54) is 283 Å². The van der Waals surface area contributed by atoms with E-state index in [0.29, 0.717) is 25.7 Å². The Morgan fingerprint density at radius 3 is 0.670 bits per heavy atom. The van der Waals surface area contributed by atoms with Crippen molar-refractivity contribution in [2.75, 3.05) is 39.6 Å². The van der Waals surface area contributed by atoms with Crippen molar-refractivity contribution in [3.8, 4) is 0 Å². The quantitative estimate of drug-likeness (QED) is 0.0222. The first-order valence-electron chi connectivity index (χ1n) is 45.1. The molecule has 630 valence electrons. The normalized spacial score (nSPS) is 14.3. The first-order chi connectivity index (χ1) is 51.4. The summed E-state index contributed by atoms with van der Waals surface area (Å²) >= 11 is 0. The van der Waals surface area contributed by atoms with Crippen LogP contribution in [0.5, 0.6) is 0 Å². The van der Waals surface area contributed by atoms with Gasteiger partial charge in [0.05, 0.1) is 26.4 Å². The third-order valence-electron chi connectivity index (χ3n) is 21.2. The molecule has 0 aliphatic heterocycles. The largest absolute Gasteiger partial charge is 0.472 e. The zero-order chi connectivity index (χ0) is 77.8. The number of rotatable bonds is 86. The number of unbranched alkanes of at least 4 members (excludes halogenated alkanes) is 54. The number of carbonyl (C=O) groups is 4. The predicted octanol–water partition coefficient (Wildman–Crippen LogP) is 26.6. The molecule has 0 heterocycles. The number of carbonyl (C=O) groups excluding carboxylic acids is 4. The lowest BCUT2D eigenvalue weighted by Crippen LogP contribution is -2.30. The van der Waals surface area contributed by atoms with Crippen LogP contribution in [0.15, 0.2) is 0 Å². The van der Waals surface area contributed by atoms with Crippen molar-refractivity contribution in [2.45, 2.75) is 484 Å². The Morgan fingerprint density at radius 1 is 0.264 bits per heavy atom. The summed E-state index contributed by atoms with van der Waals surface area (Å²) in [4.78, 5) is 73.3. The molecule has 0 saturated carbocycles. The van der Waals surface area contributed by atoms with Crippen molar-refractivity contribution < 1.29 is 80.2 Å². The van der Waals surface area contributed by atoms with Crippen LogP contribution in [0.2, 0.25) is 0 Å². The highest BCUT2D eigenvalue weighted by molar-refractivity contribution is 7.47. The first-order valence-corrected chi connectivity index (χ1v) is 48.1. The van der Waals surface area contributed by atoms with Crippen molar-refractivity contribution in [3.05, 3.63) is 0 Å². The molecule has 0 spiro atoms. The SMILES string of the molecule is CCCCCCCCCCCCCCCCCCCCCCC(=O)OC[C@H](COP(=O)(O)OC[C@@H](O)COP(=O)(O)OC[C@@H](COC(=O)CCCCCCCCCCC(C)CC)OC(=O)CCCCCCCCCCCCC(C)CC)OC(=O)CCCCCCCCCCCCCCCCCCCCCC. The average Bonchev–Trinajstić information content (AvgIpc) is 0.902. The van der Waals surface area contributed by atoms with E-state index in [9.17, 15) is 43.2 Å². The molecule has 19 heteroatoms. The average molecular weight is 1550 g/mol. The van der Waals surface area contributed by atoms with E-state index >= 15 is 0 Å². The lowest BCUT2D eigenvalue weighted by atomic mass is 9.99. The molecular formula is C87H170O17P2. The minimum atomic E-state index is -4.97. The van der Waals surface area contributed by atoms with E-state index < -0.39 is 97.5 Å². The van der Waals surface area contributed by atoms with Gasteiger partial charge in [0.2, 0.25) is 0 Å². The van der Waals surface area contributed by atoms with Crippen molar-refractivity contribution in [3.63, 3.8) is 0 Å². The number of hydrogen-bond acceptors (Lipinski definition) is 15. The number of phosphoric ester groups is 2. The molecule has 4 unspecified atom stereocenters. The van der Waals surface area contributed by atoms with E-state index in [-0.39, 0.29) is 25.7 Å². The van der Waals surface area contributed by atoms with E-state index in [1.54, 1.807) is 0 Å². The van der Waals surface area contributed by atoms with Gasteiger partial charge in [0.15, 0.2) is 12.2 Å². The van der Waals surface area contributed by atoms with Crippen LogP contribution < -0.4 is 0 Å². The lowest BCUT2D eigenvalue weighted by molar-refractivity contribution is -0.161. The lowest BCUT2D eigenvalue weighted by Gasteiger charge is -2.21. The van der Waals surface area contributed by atoms with Gasteiger partial charge in [0, 0.05) is 25.7 Å². The fourth-order valence-electron chi connectivity index (χ4n) is 13.5. The second kappa shape index (κ2) is 78.3. The summed E-state index contributed by atoms with van der Waals surface area (Å²) in [5.74, 6) is -0.522. The van der Waals surface area contributed by atoms with Gasteiger partial charge in [-0.1, -0.05) is 414 Å². The molecule has 0 aliphatic rings. The van der Waals surface area contributed by atoms with Gasteiger partial charge in [0.25, 0.3) is 0 Å². The van der Waals surface area contributed by atoms with Crippen LogP contribution in [0.3, 0.4) is 0 Å². The maximum absolute atomic E-state index is 13.2. The van der Waals surface area contributed by atoms with Crippen LogP contribution in [0, 0.1) is 11.8 Å². The van der Waals surface area contributed by atoms with Gasteiger partial charge < -0.3 is 33.8 Å². The van der Waals surface area contributed by atoms with Gasteiger partial charge >= 0.3 is 39.5 Å². The zero-order valence-electron chi connectivity index (χ0n) is 69.7. The monoisotopic (exact) mass is 1550 g/mol. The van der Waals surface area contributed by atoms with E-state index in [0.717, 1.165) is 102 Å². The van der Waals surface area contributed by atoms with Gasteiger partial charge in [-0.25, -0.2) is 9.13 Å². The second-order valence-electron chi connectivity index (χ2n) is 31.8. The molecule has 0 aromatic rings. The number of hydrogen-bond donors (Lipinski definition) is 3. The Hall–Kier alpha value is -1.94. The Balaban J connectivity index is 5.25. The van der Waals surface area contributed by atoms with Crippen LogP contribution in [0.25, 0.3) is 0 Å². The third-order valence-corrected chi connectivity index (χ3v) is 23.1. The summed E-state index contributed by atoms with van der Waals surface area (Å²) < 4.78 is 68.9. The Kier molecular flexibility index (Phi) is 76.9. The number of esters is 4. The van der Waals surface area contributed by atoms with Crippen molar-refractivity contribution >= 4 is 39.5 Å². The zero-order valence-corrected chi connectivity index (χ0v) is 71.5. The summed E-state index contributed by atoms with van der Waals surface area (Å²) in [5.41, 5.74) is 0. The molecule has 0 aliphatic carbocycles. The van der Waals surface area contributed by atoms with Crippen molar-refractivity contribution in [1.82, 2.24) is 0 Å². The number of phosphoric acid groups is 2. The fourth-order valence-corrected chi connectivity index (χ4v) is 15.1. The Bertz CT molecular complexity index is 2030. The summed E-state index contributed by atoms with van der Waals surface area (Å²) in [6, 6.07) is 0. The summed E-state index contributed by atoms with van der Waals surface area (Å²) in [6.45, 7) is 9.70. The highest BCUT2D eigenvalue weighted by Crippen LogP contribution is 2.45. The van der Waals surface area contributed by atoms with Crippen molar-refractivity contribution in [2.24, 2.45) is 11.8 Å². The molecule has 0 saturated heterocycles. The van der Waals surface area contributed by atoms with Gasteiger partial charge in [-0.3, -0.25) is 37.3 Å². The smallest absolute Gasteiger partial charge is 0.462 e. The molecule has 0 radical (unpaired) electrons. The molecule has 17 nitrogen and oxygen atoms in total. The molecule has 0 bridgehead atoms. The molecule has 106 heavy (non-hydrogen) atoms. The Labute approximate surface area is 651 Å². The molecule has 0 fully saturated rings. The van der Waals surface area contributed by atoms with Crippen LogP contribution >= 0.6 is 15.6 Å². The topological polar surface area (TPSA) is 237 Å². The van der Waals surface area contributed by atoms with Crippen LogP contribution in [0.1, 0.15) is 465 Å². The second-order valence-corrected chi connectivity index (χ2v) is 34.7. The molecule has 7 atom stereocenters. The standard InChI is InChI=1S/C87H170O17P2/c1-7-11-13-15-17-19-21-23-25-27-29-31-33-35-37-39-44-51-57-63-69-84(89)97-75-82(103-86(91)71-65-59-53-45-40-38-36-34-32-30-28-26-24-22-20-18-16-14-12-8-2)77-101-105(93,94)99-73-81(88)74-100-106(95,96)102-78-83(76-98-85(90)70-64-58-52-48-47-50-56-62-68-80(6)10-4)104-87(92)72-66-60-54-46-42-41-43-49-55-61-67-79(5)9-3/h79-83,88H,7-78H2,1-6H3,(H,93,94)(H,95,96)/t79?,80?,81-,82-,83-/m1/s1. The Morgan fingerprint density at radius 2 is 0.453 bits per heavy atom. The van der Waals surface area contributed by atoms with Crippen LogP contribution in [-0.2, 0) is 65.4 Å². The molecule has 0 aromatic heterocycles. The summed E-state index contributed by atoms with van der Waals surface area (Å²) in [5, 5.41) is 10.7. The molecular weight excluding hydrogens is 1380 g/mol. The fraction of sp³-hybridized carbons (Fsp3) is 0.954. The van der Waals surface area contributed by atoms with Crippen LogP contribution in [0.4, 0.5) is 0 Å². The highest BCUT2D eigenvalue weighted by atomic mass is 31.2. The summed E-state index contributed by atoms with van der Waals surface area (Å²) in [6.07, 6.45) is 70.8. The number of aliphatic hydroxyl groups excluding tert-OH is 1. The number of ether oxygens (including phenoxy) is 4. The molecule has 0 rings (SSSR count). The summed E-state index contributed by atoms with van der Waals surface area (Å²) in [7, 11) is -9.93. The number of aliphatic hydroxyl groups is 1. The maximum Gasteiger partial charge on any atom is 0.472 e. The van der Waals surface area contributed by atoms with Crippen LogP contribution in [-0.4, -0.2) is 96.7 Å². The molecule has 3 N–H and O–H groups in total. The highest BCUT2D eigenvalue weighted by Gasteiger charge is 2.30. The molecule has 0 amide bonds. The van der Waals surface area contributed by atoms with Gasteiger partial charge in [-0.2, -0.15) is 0 Å². The van der Waals surface area contributed by atoms with E-state index in [4.69, 9.17) is 37.0 Å². The van der Waals surface area contributed by atoms with E-state index in [1.807, 2.05) is 0 Å².